The molecule has 8 heavy (non-hydrogen) atoms. The zero-order valence-electron chi connectivity index (χ0n) is 4.20. The molecule has 3 heteroatoms. The van der Waals surface area contributed by atoms with Gasteiger partial charge in [0, 0.05) is 0 Å². The number of rotatable bonds is 1. The highest BCUT2D eigenvalue weighted by atomic mass is 16.6. The Bertz CT molecular complexity index is 167. The van der Waals surface area contributed by atoms with Crippen LogP contribution in [0.25, 0.3) is 0 Å². The third-order valence-corrected chi connectivity index (χ3v) is 1.10. The van der Waals surface area contributed by atoms with Gasteiger partial charge in [0.2, 0.25) is 0 Å². The summed E-state index contributed by atoms with van der Waals surface area (Å²) in [6, 6.07) is 0. The summed E-state index contributed by atoms with van der Waals surface area (Å²) in [5.41, 5.74) is 0. The SMILES string of the molecule is c1ncc([C@H]2CO2)o1. The van der Waals surface area contributed by atoms with E-state index in [1.54, 1.807) is 6.20 Å². The Kier molecular flexibility index (Phi) is 0.676. The lowest BCUT2D eigenvalue weighted by Gasteiger charge is -1.77. The smallest absolute Gasteiger partial charge is 0.180 e. The Labute approximate surface area is 46.3 Å². The molecule has 0 radical (unpaired) electrons. The highest BCUT2D eigenvalue weighted by Crippen LogP contribution is 2.28. The van der Waals surface area contributed by atoms with Gasteiger partial charge in [0.25, 0.3) is 0 Å². The van der Waals surface area contributed by atoms with Crippen LogP contribution in [-0.4, -0.2) is 11.6 Å². The van der Waals surface area contributed by atoms with E-state index in [0.717, 1.165) is 12.4 Å². The fourth-order valence-electron chi connectivity index (χ4n) is 0.597. The van der Waals surface area contributed by atoms with Gasteiger partial charge in [-0.15, -0.1) is 0 Å². The molecule has 1 fully saturated rings. The molecule has 0 aliphatic carbocycles. The topological polar surface area (TPSA) is 38.6 Å². The normalized spacial score (nSPS) is 25.8. The molecule has 1 aliphatic rings. The quantitative estimate of drug-likeness (QED) is 0.502. The zero-order valence-corrected chi connectivity index (χ0v) is 4.20. The number of nitrogens with zero attached hydrogens (tertiary/aromatic N) is 1. The summed E-state index contributed by atoms with van der Waals surface area (Å²) in [5, 5.41) is 0. The van der Waals surface area contributed by atoms with Gasteiger partial charge in [-0.1, -0.05) is 0 Å². The number of hydrogen-bond acceptors (Lipinski definition) is 3. The van der Waals surface area contributed by atoms with E-state index in [2.05, 4.69) is 4.98 Å². The molecule has 2 heterocycles. The van der Waals surface area contributed by atoms with E-state index >= 15 is 0 Å². The molecule has 0 spiro atoms. The van der Waals surface area contributed by atoms with Crippen molar-refractivity contribution in [1.29, 1.82) is 0 Å². The van der Waals surface area contributed by atoms with Gasteiger partial charge < -0.3 is 9.15 Å². The van der Waals surface area contributed by atoms with Crippen LogP contribution in [-0.2, 0) is 4.74 Å². The molecule has 1 aliphatic heterocycles. The van der Waals surface area contributed by atoms with Crippen molar-refractivity contribution in [3.63, 3.8) is 0 Å². The standard InChI is InChI=1S/C5H5NO2/c1-4(5-2-7-5)8-3-6-1/h1,3,5H,2H2/t5-/m1/s1. The van der Waals surface area contributed by atoms with Crippen molar-refractivity contribution in [3.8, 4) is 0 Å². The highest BCUT2D eigenvalue weighted by molar-refractivity contribution is 4.99. The lowest BCUT2D eigenvalue weighted by atomic mass is 10.4. The van der Waals surface area contributed by atoms with Crippen molar-refractivity contribution < 1.29 is 9.15 Å². The van der Waals surface area contributed by atoms with Gasteiger partial charge in [-0.2, -0.15) is 0 Å². The molecule has 0 saturated carbocycles. The second kappa shape index (κ2) is 1.32. The Morgan fingerprint density at radius 2 is 2.62 bits per heavy atom. The molecule has 0 unspecified atom stereocenters. The van der Waals surface area contributed by atoms with E-state index in [4.69, 9.17) is 9.15 Å². The van der Waals surface area contributed by atoms with Gasteiger partial charge in [0.05, 0.1) is 12.8 Å². The van der Waals surface area contributed by atoms with Gasteiger partial charge in [-0.25, -0.2) is 4.98 Å². The van der Waals surface area contributed by atoms with Gasteiger partial charge in [0.1, 0.15) is 6.10 Å². The Balaban J connectivity index is 2.28. The summed E-state index contributed by atoms with van der Waals surface area (Å²) in [4.78, 5) is 3.74. The first-order valence-electron chi connectivity index (χ1n) is 2.47. The Hall–Kier alpha value is -0.830. The van der Waals surface area contributed by atoms with E-state index in [1.807, 2.05) is 0 Å². The fraction of sp³-hybridized carbons (Fsp3) is 0.400. The van der Waals surface area contributed by atoms with Crippen LogP contribution in [0.5, 0.6) is 0 Å². The minimum atomic E-state index is 0.206. The lowest BCUT2D eigenvalue weighted by Crippen LogP contribution is -1.69. The van der Waals surface area contributed by atoms with Crippen LogP contribution in [0.4, 0.5) is 0 Å². The Morgan fingerprint density at radius 3 is 3.12 bits per heavy atom. The summed E-state index contributed by atoms with van der Waals surface area (Å²) in [5.74, 6) is 0.838. The largest absolute Gasteiger partial charge is 0.446 e. The third-order valence-electron chi connectivity index (χ3n) is 1.10. The van der Waals surface area contributed by atoms with Crippen molar-refractivity contribution in [1.82, 2.24) is 4.98 Å². The summed E-state index contributed by atoms with van der Waals surface area (Å²) in [7, 11) is 0. The number of ether oxygens (including phenoxy) is 1. The molecule has 42 valence electrons. The average Bonchev–Trinajstić information content (AvgIpc) is 2.49. The van der Waals surface area contributed by atoms with E-state index in [-0.39, 0.29) is 6.10 Å². The maximum Gasteiger partial charge on any atom is 0.180 e. The van der Waals surface area contributed by atoms with Crippen molar-refractivity contribution in [2.45, 2.75) is 6.10 Å². The van der Waals surface area contributed by atoms with Crippen LogP contribution in [0.3, 0.4) is 0 Å². The molecular weight excluding hydrogens is 106 g/mol. The van der Waals surface area contributed by atoms with Crippen molar-refractivity contribution >= 4 is 0 Å². The molecule has 3 nitrogen and oxygen atoms in total. The van der Waals surface area contributed by atoms with Gasteiger partial charge >= 0.3 is 0 Å². The van der Waals surface area contributed by atoms with Crippen LogP contribution in [0, 0.1) is 0 Å². The monoisotopic (exact) mass is 111 g/mol. The summed E-state index contributed by atoms with van der Waals surface area (Å²) >= 11 is 0. The van der Waals surface area contributed by atoms with Crippen LogP contribution in [0.2, 0.25) is 0 Å². The minimum absolute atomic E-state index is 0.206. The van der Waals surface area contributed by atoms with E-state index in [1.165, 1.54) is 6.39 Å². The molecule has 1 aromatic rings. The van der Waals surface area contributed by atoms with Crippen LogP contribution >= 0.6 is 0 Å². The minimum Gasteiger partial charge on any atom is -0.446 e. The lowest BCUT2D eigenvalue weighted by molar-refractivity contribution is 0.370. The Morgan fingerprint density at radius 1 is 1.75 bits per heavy atom. The van der Waals surface area contributed by atoms with E-state index < -0.39 is 0 Å². The highest BCUT2D eigenvalue weighted by Gasteiger charge is 2.27. The molecule has 0 N–H and O–H groups in total. The second-order valence-corrected chi connectivity index (χ2v) is 1.73. The predicted octanol–water partition coefficient (Wildman–Crippen LogP) is 0.746. The van der Waals surface area contributed by atoms with Crippen LogP contribution in [0.15, 0.2) is 17.0 Å². The summed E-state index contributed by atoms with van der Waals surface area (Å²) in [6.45, 7) is 0.787. The summed E-state index contributed by atoms with van der Waals surface area (Å²) in [6.07, 6.45) is 3.30. The van der Waals surface area contributed by atoms with Crippen LogP contribution < -0.4 is 0 Å². The molecule has 1 saturated heterocycles. The van der Waals surface area contributed by atoms with Gasteiger partial charge in [-0.3, -0.25) is 0 Å². The molecule has 2 rings (SSSR count). The van der Waals surface area contributed by atoms with Gasteiger partial charge in [-0.05, 0) is 0 Å². The molecule has 0 aromatic carbocycles. The molecule has 0 bridgehead atoms. The van der Waals surface area contributed by atoms with Crippen molar-refractivity contribution in [3.05, 3.63) is 18.4 Å². The maximum atomic E-state index is 4.92. The van der Waals surface area contributed by atoms with Crippen molar-refractivity contribution in [2.75, 3.05) is 6.61 Å². The first-order chi connectivity index (χ1) is 3.97. The number of epoxide rings is 1. The fourth-order valence-corrected chi connectivity index (χ4v) is 0.597. The number of oxazole rings is 1. The van der Waals surface area contributed by atoms with Gasteiger partial charge in [0.15, 0.2) is 12.2 Å². The molecule has 1 aromatic heterocycles. The van der Waals surface area contributed by atoms with E-state index in [9.17, 15) is 0 Å². The molecule has 1 atom stereocenters. The maximum absolute atomic E-state index is 4.92. The third kappa shape index (κ3) is 0.518. The molecule has 0 amide bonds. The molecular formula is C5H5NO2. The van der Waals surface area contributed by atoms with Crippen molar-refractivity contribution in [2.24, 2.45) is 0 Å². The number of aromatic nitrogens is 1. The predicted molar refractivity (Wildman–Crippen MR) is 25.2 cm³/mol. The number of hydrogen-bond donors (Lipinski definition) is 0. The zero-order chi connectivity index (χ0) is 5.40. The van der Waals surface area contributed by atoms with Crippen LogP contribution in [0.1, 0.15) is 11.9 Å². The second-order valence-electron chi connectivity index (χ2n) is 1.73. The average molecular weight is 111 g/mol. The summed E-state index contributed by atoms with van der Waals surface area (Å²) < 4.78 is 9.84. The van der Waals surface area contributed by atoms with E-state index in [0.29, 0.717) is 0 Å². The first kappa shape index (κ1) is 4.09. The first-order valence-corrected chi connectivity index (χ1v) is 2.47.